The summed E-state index contributed by atoms with van der Waals surface area (Å²) in [6.45, 7) is 1.30. The monoisotopic (exact) mass is 332 g/mol. The van der Waals surface area contributed by atoms with E-state index in [1.54, 1.807) is 36.5 Å². The molecule has 1 aromatic carbocycles. The molecule has 1 amide bonds. The molecule has 1 N–H and O–H groups in total. The van der Waals surface area contributed by atoms with Crippen LogP contribution in [0.4, 0.5) is 18.9 Å². The highest BCUT2D eigenvalue weighted by Crippen LogP contribution is 2.28. The van der Waals surface area contributed by atoms with Crippen molar-refractivity contribution in [3.63, 3.8) is 0 Å². The molecule has 0 saturated heterocycles. The molecule has 0 fully saturated rings. The van der Waals surface area contributed by atoms with Gasteiger partial charge in [0.25, 0.3) is 5.91 Å². The summed E-state index contributed by atoms with van der Waals surface area (Å²) in [4.78, 5) is 23.6. The van der Waals surface area contributed by atoms with Gasteiger partial charge < -0.3 is 5.32 Å². The van der Waals surface area contributed by atoms with Gasteiger partial charge in [0.2, 0.25) is 0 Å². The van der Waals surface area contributed by atoms with Crippen molar-refractivity contribution < 1.29 is 18.0 Å². The molecule has 0 saturated carbocycles. The first-order valence-electron chi connectivity index (χ1n) is 6.92. The highest BCUT2D eigenvalue weighted by molar-refractivity contribution is 6.07. The van der Waals surface area contributed by atoms with Crippen molar-refractivity contribution in [3.8, 4) is 0 Å². The number of anilines is 1. The van der Waals surface area contributed by atoms with Crippen LogP contribution in [0.5, 0.6) is 0 Å². The number of hydrogen-bond donors (Lipinski definition) is 1. The number of rotatable bonds is 2. The zero-order valence-corrected chi connectivity index (χ0v) is 12.4. The molecule has 2 heterocycles. The summed E-state index contributed by atoms with van der Waals surface area (Å²) in [6.07, 6.45) is -3.04. The summed E-state index contributed by atoms with van der Waals surface area (Å²) < 4.78 is 38.4. The Kier molecular flexibility index (Phi) is 3.88. The molecule has 122 valence electrons. The molecular formula is C16H11F3N4O. The molecule has 0 bridgehead atoms. The number of hydrogen-bond acceptors (Lipinski definition) is 4. The van der Waals surface area contributed by atoms with Gasteiger partial charge in [-0.3, -0.25) is 9.78 Å². The molecule has 8 heteroatoms. The van der Waals surface area contributed by atoms with Crippen LogP contribution in [0.15, 0.2) is 42.6 Å². The van der Waals surface area contributed by atoms with E-state index in [9.17, 15) is 18.0 Å². The van der Waals surface area contributed by atoms with Gasteiger partial charge in [-0.05, 0) is 31.2 Å². The number of alkyl halides is 3. The molecule has 5 nitrogen and oxygen atoms in total. The van der Waals surface area contributed by atoms with Crippen molar-refractivity contribution in [2.24, 2.45) is 0 Å². The van der Waals surface area contributed by atoms with Crippen LogP contribution < -0.4 is 5.32 Å². The van der Waals surface area contributed by atoms with Crippen molar-refractivity contribution in [2.45, 2.75) is 13.1 Å². The van der Waals surface area contributed by atoms with Gasteiger partial charge in [0.05, 0.1) is 11.2 Å². The molecule has 0 atom stereocenters. The highest BCUT2D eigenvalue weighted by atomic mass is 19.4. The first-order chi connectivity index (χ1) is 11.3. The SMILES string of the molecule is Cc1nc(C(=O)Nc2cccc3ncccc23)cc(C(F)(F)F)n1. The molecule has 24 heavy (non-hydrogen) atoms. The lowest BCUT2D eigenvalue weighted by atomic mass is 10.1. The summed E-state index contributed by atoms with van der Waals surface area (Å²) in [5.41, 5.74) is -0.406. The minimum Gasteiger partial charge on any atom is -0.320 e. The molecule has 0 aliphatic heterocycles. The Balaban J connectivity index is 1.97. The van der Waals surface area contributed by atoms with Gasteiger partial charge in [0, 0.05) is 17.6 Å². The maximum absolute atomic E-state index is 12.8. The summed E-state index contributed by atoms with van der Waals surface area (Å²) in [6, 6.07) is 9.18. The number of halogens is 3. The van der Waals surface area contributed by atoms with E-state index in [2.05, 4.69) is 20.3 Å². The minimum absolute atomic E-state index is 0.130. The lowest BCUT2D eigenvalue weighted by Gasteiger charge is -2.10. The van der Waals surface area contributed by atoms with Crippen LogP contribution in [0.3, 0.4) is 0 Å². The van der Waals surface area contributed by atoms with E-state index in [0.717, 1.165) is 0 Å². The number of nitrogens with zero attached hydrogens (tertiary/aromatic N) is 3. The van der Waals surface area contributed by atoms with Crippen molar-refractivity contribution in [3.05, 3.63) is 59.8 Å². The smallest absolute Gasteiger partial charge is 0.320 e. The van der Waals surface area contributed by atoms with E-state index in [1.807, 2.05) is 0 Å². The maximum atomic E-state index is 12.8. The number of pyridine rings is 1. The number of aromatic nitrogens is 3. The normalized spacial score (nSPS) is 11.5. The Hall–Kier alpha value is -3.03. The van der Waals surface area contributed by atoms with Crippen molar-refractivity contribution >= 4 is 22.5 Å². The largest absolute Gasteiger partial charge is 0.433 e. The van der Waals surface area contributed by atoms with Gasteiger partial charge in [-0.15, -0.1) is 0 Å². The van der Waals surface area contributed by atoms with Gasteiger partial charge in [0.1, 0.15) is 17.2 Å². The lowest BCUT2D eigenvalue weighted by Crippen LogP contribution is -2.18. The van der Waals surface area contributed by atoms with Gasteiger partial charge in [-0.25, -0.2) is 9.97 Å². The first-order valence-corrected chi connectivity index (χ1v) is 6.92. The second-order valence-electron chi connectivity index (χ2n) is 5.01. The van der Waals surface area contributed by atoms with Crippen LogP contribution in [0.1, 0.15) is 22.0 Å². The zero-order chi connectivity index (χ0) is 17.3. The van der Waals surface area contributed by atoms with Crippen LogP contribution in [0, 0.1) is 6.92 Å². The third-order valence-electron chi connectivity index (χ3n) is 3.25. The first kappa shape index (κ1) is 15.9. The number of amides is 1. The number of fused-ring (bicyclic) bond motifs is 1. The van der Waals surface area contributed by atoms with E-state index in [-0.39, 0.29) is 11.5 Å². The van der Waals surface area contributed by atoms with Crippen LogP contribution in [-0.2, 0) is 6.18 Å². The van der Waals surface area contributed by atoms with Crippen molar-refractivity contribution in [1.82, 2.24) is 15.0 Å². The van der Waals surface area contributed by atoms with Gasteiger partial charge >= 0.3 is 6.18 Å². The molecule has 0 aliphatic rings. The summed E-state index contributed by atoms with van der Waals surface area (Å²) in [5.74, 6) is -0.878. The Labute approximate surface area is 134 Å². The Bertz CT molecular complexity index is 919. The lowest BCUT2D eigenvalue weighted by molar-refractivity contribution is -0.141. The third kappa shape index (κ3) is 3.17. The van der Waals surface area contributed by atoms with E-state index in [0.29, 0.717) is 22.7 Å². The van der Waals surface area contributed by atoms with Gasteiger partial charge in [-0.2, -0.15) is 13.2 Å². The summed E-state index contributed by atoms with van der Waals surface area (Å²) in [7, 11) is 0. The summed E-state index contributed by atoms with van der Waals surface area (Å²) >= 11 is 0. The quantitative estimate of drug-likeness (QED) is 0.778. The fourth-order valence-electron chi connectivity index (χ4n) is 2.23. The number of nitrogens with one attached hydrogen (secondary N) is 1. The number of carbonyl (C=O) groups is 1. The van der Waals surface area contributed by atoms with E-state index in [4.69, 9.17) is 0 Å². The second kappa shape index (κ2) is 5.88. The van der Waals surface area contributed by atoms with Crippen molar-refractivity contribution in [1.29, 1.82) is 0 Å². The Morgan fingerprint density at radius 3 is 2.67 bits per heavy atom. The van der Waals surface area contributed by atoms with Crippen LogP contribution in [0.2, 0.25) is 0 Å². The number of aryl methyl sites for hydroxylation is 1. The minimum atomic E-state index is -4.65. The van der Waals surface area contributed by atoms with E-state index >= 15 is 0 Å². The third-order valence-corrected chi connectivity index (χ3v) is 3.25. The fraction of sp³-hybridized carbons (Fsp3) is 0.125. The Morgan fingerprint density at radius 2 is 1.92 bits per heavy atom. The summed E-state index contributed by atoms with van der Waals surface area (Å²) in [5, 5.41) is 3.25. The molecule has 0 radical (unpaired) electrons. The van der Waals surface area contributed by atoms with Crippen LogP contribution in [0.25, 0.3) is 10.9 Å². The fourth-order valence-corrected chi connectivity index (χ4v) is 2.23. The van der Waals surface area contributed by atoms with Gasteiger partial charge in [-0.1, -0.05) is 6.07 Å². The van der Waals surface area contributed by atoms with E-state index < -0.39 is 17.8 Å². The van der Waals surface area contributed by atoms with Gasteiger partial charge in [0.15, 0.2) is 0 Å². The average molecular weight is 332 g/mol. The van der Waals surface area contributed by atoms with Crippen LogP contribution >= 0.6 is 0 Å². The molecule has 3 aromatic rings. The number of carbonyl (C=O) groups excluding carboxylic acids is 1. The molecular weight excluding hydrogens is 321 g/mol. The molecule has 0 spiro atoms. The second-order valence-corrected chi connectivity index (χ2v) is 5.01. The van der Waals surface area contributed by atoms with Crippen molar-refractivity contribution in [2.75, 3.05) is 5.32 Å². The number of benzene rings is 1. The average Bonchev–Trinajstić information content (AvgIpc) is 2.54. The standard InChI is InChI=1S/C16H11F3N4O/c1-9-21-13(8-14(22-9)16(17,18)19)15(24)23-12-6-2-5-11-10(12)4-3-7-20-11/h2-8H,1H3,(H,23,24). The molecule has 3 rings (SSSR count). The maximum Gasteiger partial charge on any atom is 0.433 e. The molecule has 2 aromatic heterocycles. The molecule has 0 unspecified atom stereocenters. The van der Waals surface area contributed by atoms with E-state index in [1.165, 1.54) is 6.92 Å². The highest BCUT2D eigenvalue weighted by Gasteiger charge is 2.34. The predicted molar refractivity (Wildman–Crippen MR) is 81.5 cm³/mol. The zero-order valence-electron chi connectivity index (χ0n) is 12.4. The Morgan fingerprint density at radius 1 is 1.12 bits per heavy atom. The van der Waals surface area contributed by atoms with Crippen LogP contribution in [-0.4, -0.2) is 20.9 Å². The topological polar surface area (TPSA) is 67.8 Å². The predicted octanol–water partition coefficient (Wildman–Crippen LogP) is 3.60. The molecule has 0 aliphatic carbocycles.